The maximum absolute atomic E-state index is 5.04. The minimum absolute atomic E-state index is 0.758. The van der Waals surface area contributed by atoms with E-state index in [1.165, 1.54) is 19.3 Å². The van der Waals surface area contributed by atoms with E-state index in [4.69, 9.17) is 4.74 Å². The lowest BCUT2D eigenvalue weighted by atomic mass is 10.1. The van der Waals surface area contributed by atoms with Crippen molar-refractivity contribution in [1.82, 2.24) is 9.97 Å². The molecule has 1 aliphatic heterocycles. The Bertz CT molecular complexity index is 342. The SMILES string of the molecule is COCCSc1cc(N2CCCCC2)ncn1. The Morgan fingerprint density at radius 2 is 2.12 bits per heavy atom. The van der Waals surface area contributed by atoms with E-state index in [1.54, 1.807) is 25.2 Å². The largest absolute Gasteiger partial charge is 0.384 e. The fraction of sp³-hybridized carbons (Fsp3) is 0.667. The van der Waals surface area contributed by atoms with Crippen molar-refractivity contribution in [3.8, 4) is 0 Å². The lowest BCUT2D eigenvalue weighted by Crippen LogP contribution is -2.30. The van der Waals surface area contributed by atoms with Crippen molar-refractivity contribution in [2.45, 2.75) is 24.3 Å². The minimum Gasteiger partial charge on any atom is -0.384 e. The average Bonchev–Trinajstić information content (AvgIpc) is 2.41. The third-order valence-corrected chi connectivity index (χ3v) is 3.73. The number of nitrogens with zero attached hydrogens (tertiary/aromatic N) is 3. The van der Waals surface area contributed by atoms with Crippen LogP contribution < -0.4 is 4.90 Å². The van der Waals surface area contributed by atoms with Crippen LogP contribution in [0, 0.1) is 0 Å². The Balaban J connectivity index is 1.95. The Hall–Kier alpha value is -0.810. The second kappa shape index (κ2) is 6.81. The van der Waals surface area contributed by atoms with Gasteiger partial charge in [0.1, 0.15) is 17.2 Å². The number of aromatic nitrogens is 2. The molecule has 1 aromatic heterocycles. The summed E-state index contributed by atoms with van der Waals surface area (Å²) in [5.41, 5.74) is 0. The molecule has 0 amide bonds. The molecule has 4 nitrogen and oxygen atoms in total. The van der Waals surface area contributed by atoms with Gasteiger partial charge >= 0.3 is 0 Å². The first-order valence-electron chi connectivity index (χ1n) is 6.09. The number of piperidine rings is 1. The van der Waals surface area contributed by atoms with Gasteiger partial charge in [-0.15, -0.1) is 11.8 Å². The molecule has 0 saturated carbocycles. The molecule has 1 fully saturated rings. The van der Waals surface area contributed by atoms with Crippen LogP contribution in [-0.4, -0.2) is 42.5 Å². The van der Waals surface area contributed by atoms with Crippen LogP contribution in [0.2, 0.25) is 0 Å². The number of ether oxygens (including phenoxy) is 1. The Morgan fingerprint density at radius 3 is 2.88 bits per heavy atom. The topological polar surface area (TPSA) is 38.2 Å². The zero-order valence-electron chi connectivity index (χ0n) is 10.3. The normalized spacial score (nSPS) is 16.2. The summed E-state index contributed by atoms with van der Waals surface area (Å²) in [6, 6.07) is 2.09. The standard InChI is InChI=1S/C12H19N3OS/c1-16-7-8-17-12-9-11(13-10-14-12)15-5-3-2-4-6-15/h9-10H,2-8H2,1H3. The first-order chi connectivity index (χ1) is 8.40. The van der Waals surface area contributed by atoms with Crippen LogP contribution in [0.5, 0.6) is 0 Å². The zero-order chi connectivity index (χ0) is 11.9. The molecule has 0 atom stereocenters. The first-order valence-corrected chi connectivity index (χ1v) is 7.07. The molecule has 0 aliphatic carbocycles. The summed E-state index contributed by atoms with van der Waals surface area (Å²) >= 11 is 1.72. The smallest absolute Gasteiger partial charge is 0.133 e. The van der Waals surface area contributed by atoms with Crippen molar-refractivity contribution < 1.29 is 4.74 Å². The molecule has 1 aliphatic rings. The van der Waals surface area contributed by atoms with Gasteiger partial charge in [0, 0.05) is 32.0 Å². The maximum Gasteiger partial charge on any atom is 0.133 e. The van der Waals surface area contributed by atoms with Crippen molar-refractivity contribution in [2.24, 2.45) is 0 Å². The molecular formula is C12H19N3OS. The quantitative estimate of drug-likeness (QED) is 0.457. The Morgan fingerprint density at radius 1 is 1.29 bits per heavy atom. The van der Waals surface area contributed by atoms with E-state index in [0.29, 0.717) is 0 Å². The molecule has 0 spiro atoms. The van der Waals surface area contributed by atoms with Gasteiger partial charge in [-0.1, -0.05) is 0 Å². The van der Waals surface area contributed by atoms with Gasteiger partial charge < -0.3 is 9.64 Å². The second-order valence-electron chi connectivity index (χ2n) is 4.10. The molecule has 0 aromatic carbocycles. The minimum atomic E-state index is 0.758. The third kappa shape index (κ3) is 3.85. The van der Waals surface area contributed by atoms with Crippen LogP contribution in [-0.2, 0) is 4.74 Å². The fourth-order valence-corrected chi connectivity index (χ4v) is 2.70. The molecular weight excluding hydrogens is 234 g/mol. The summed E-state index contributed by atoms with van der Waals surface area (Å²) in [4.78, 5) is 11.0. The number of methoxy groups -OCH3 is 1. The highest BCUT2D eigenvalue weighted by Gasteiger charge is 2.12. The monoisotopic (exact) mass is 253 g/mol. The third-order valence-electron chi connectivity index (χ3n) is 2.85. The number of thioether (sulfide) groups is 1. The van der Waals surface area contributed by atoms with Crippen molar-refractivity contribution in [1.29, 1.82) is 0 Å². The highest BCUT2D eigenvalue weighted by Crippen LogP contribution is 2.22. The molecule has 0 bridgehead atoms. The van der Waals surface area contributed by atoms with Gasteiger partial charge in [0.15, 0.2) is 0 Å². The van der Waals surface area contributed by atoms with Gasteiger partial charge in [-0.05, 0) is 19.3 Å². The molecule has 0 unspecified atom stereocenters. The van der Waals surface area contributed by atoms with Crippen molar-refractivity contribution in [2.75, 3.05) is 37.5 Å². The summed E-state index contributed by atoms with van der Waals surface area (Å²) in [5.74, 6) is 2.01. The average molecular weight is 253 g/mol. The highest BCUT2D eigenvalue weighted by molar-refractivity contribution is 7.99. The van der Waals surface area contributed by atoms with E-state index in [9.17, 15) is 0 Å². The molecule has 1 aromatic rings. The molecule has 17 heavy (non-hydrogen) atoms. The Labute approximate surface area is 107 Å². The summed E-state index contributed by atoms with van der Waals surface area (Å²) < 4.78 is 5.04. The lowest BCUT2D eigenvalue weighted by molar-refractivity contribution is 0.218. The van der Waals surface area contributed by atoms with Crippen LogP contribution in [0.3, 0.4) is 0 Å². The van der Waals surface area contributed by atoms with Gasteiger partial charge in [-0.25, -0.2) is 9.97 Å². The van der Waals surface area contributed by atoms with E-state index in [0.717, 1.165) is 36.3 Å². The van der Waals surface area contributed by atoms with Gasteiger partial charge in [0.05, 0.1) is 6.61 Å². The van der Waals surface area contributed by atoms with E-state index in [1.807, 2.05) is 0 Å². The van der Waals surface area contributed by atoms with E-state index in [2.05, 4.69) is 20.9 Å². The van der Waals surface area contributed by atoms with Crippen molar-refractivity contribution >= 4 is 17.6 Å². The molecule has 2 heterocycles. The van der Waals surface area contributed by atoms with Crippen LogP contribution >= 0.6 is 11.8 Å². The number of anilines is 1. The molecule has 1 saturated heterocycles. The fourth-order valence-electron chi connectivity index (χ4n) is 1.93. The van der Waals surface area contributed by atoms with E-state index >= 15 is 0 Å². The van der Waals surface area contributed by atoms with E-state index < -0.39 is 0 Å². The predicted molar refractivity (Wildman–Crippen MR) is 70.7 cm³/mol. The molecule has 94 valence electrons. The summed E-state index contributed by atoms with van der Waals surface area (Å²) in [6.07, 6.45) is 5.56. The summed E-state index contributed by atoms with van der Waals surface area (Å²) in [5, 5.41) is 1.04. The van der Waals surface area contributed by atoms with Crippen LogP contribution in [0.15, 0.2) is 17.4 Å². The number of rotatable bonds is 5. The van der Waals surface area contributed by atoms with Gasteiger partial charge in [-0.2, -0.15) is 0 Å². The maximum atomic E-state index is 5.04. The lowest BCUT2D eigenvalue weighted by Gasteiger charge is -2.27. The Kier molecular flexibility index (Phi) is 5.07. The van der Waals surface area contributed by atoms with E-state index in [-0.39, 0.29) is 0 Å². The summed E-state index contributed by atoms with van der Waals surface area (Å²) in [6.45, 7) is 3.01. The molecule has 0 N–H and O–H groups in total. The number of hydrogen-bond acceptors (Lipinski definition) is 5. The predicted octanol–water partition coefficient (Wildman–Crippen LogP) is 2.21. The summed E-state index contributed by atoms with van der Waals surface area (Å²) in [7, 11) is 1.72. The van der Waals surface area contributed by atoms with Gasteiger partial charge in [0.2, 0.25) is 0 Å². The van der Waals surface area contributed by atoms with Gasteiger partial charge in [-0.3, -0.25) is 0 Å². The second-order valence-corrected chi connectivity index (χ2v) is 5.22. The number of hydrogen-bond donors (Lipinski definition) is 0. The molecule has 0 radical (unpaired) electrons. The zero-order valence-corrected chi connectivity index (χ0v) is 11.1. The highest BCUT2D eigenvalue weighted by atomic mass is 32.2. The van der Waals surface area contributed by atoms with Gasteiger partial charge in [0.25, 0.3) is 0 Å². The first kappa shape index (κ1) is 12.6. The van der Waals surface area contributed by atoms with Crippen LogP contribution in [0.4, 0.5) is 5.82 Å². The van der Waals surface area contributed by atoms with Crippen molar-refractivity contribution in [3.05, 3.63) is 12.4 Å². The molecule has 2 rings (SSSR count). The van der Waals surface area contributed by atoms with Crippen molar-refractivity contribution in [3.63, 3.8) is 0 Å². The van der Waals surface area contributed by atoms with Crippen LogP contribution in [0.25, 0.3) is 0 Å². The van der Waals surface area contributed by atoms with Crippen LogP contribution in [0.1, 0.15) is 19.3 Å². The molecule has 5 heteroatoms.